The van der Waals surface area contributed by atoms with Crippen molar-refractivity contribution in [2.75, 3.05) is 18.4 Å². The lowest BCUT2D eigenvalue weighted by Crippen LogP contribution is -2.31. The van der Waals surface area contributed by atoms with Crippen LogP contribution in [0.4, 0.5) is 18.3 Å². The van der Waals surface area contributed by atoms with Gasteiger partial charge < -0.3 is 10.6 Å². The summed E-state index contributed by atoms with van der Waals surface area (Å²) in [5.74, 6) is 0.344. The Kier molecular flexibility index (Phi) is 3.74. The van der Waals surface area contributed by atoms with Crippen LogP contribution in [-0.4, -0.2) is 24.0 Å². The number of hydrogen-bond donors (Lipinski definition) is 2. The molecular formula is C10H12F3N3OS. The second-order valence-corrected chi connectivity index (χ2v) is 5.16. The summed E-state index contributed by atoms with van der Waals surface area (Å²) in [5.41, 5.74) is 0. The van der Waals surface area contributed by atoms with Crippen molar-refractivity contribution in [3.05, 3.63) is 11.1 Å². The number of nitrogens with zero attached hydrogens (tertiary/aromatic N) is 1. The van der Waals surface area contributed by atoms with Gasteiger partial charge in [-0.1, -0.05) is 11.3 Å². The van der Waals surface area contributed by atoms with Gasteiger partial charge in [0.15, 0.2) is 5.13 Å². The number of thiazole rings is 1. The van der Waals surface area contributed by atoms with Crippen LogP contribution in [0.1, 0.15) is 17.7 Å². The highest BCUT2D eigenvalue weighted by atomic mass is 32.1. The normalized spacial score (nSPS) is 15.5. The second-order valence-electron chi connectivity index (χ2n) is 4.13. The van der Waals surface area contributed by atoms with E-state index in [1.807, 2.05) is 0 Å². The van der Waals surface area contributed by atoms with Gasteiger partial charge in [-0.15, -0.1) is 0 Å². The fraction of sp³-hybridized carbons (Fsp3) is 0.600. The monoisotopic (exact) mass is 279 g/mol. The number of alkyl halides is 3. The third kappa shape index (κ3) is 3.86. The maximum Gasteiger partial charge on any atom is 0.427 e. The molecule has 1 amide bonds. The Morgan fingerprint density at radius 3 is 2.78 bits per heavy atom. The van der Waals surface area contributed by atoms with Crippen molar-refractivity contribution in [2.24, 2.45) is 5.92 Å². The number of carbonyl (C=O) groups is 1. The molecule has 0 spiro atoms. The highest BCUT2D eigenvalue weighted by Crippen LogP contribution is 2.34. The van der Waals surface area contributed by atoms with Gasteiger partial charge in [0, 0.05) is 6.54 Å². The van der Waals surface area contributed by atoms with Crippen molar-refractivity contribution in [3.8, 4) is 0 Å². The summed E-state index contributed by atoms with van der Waals surface area (Å²) >= 11 is 0.491. The molecule has 100 valence electrons. The van der Waals surface area contributed by atoms with Gasteiger partial charge in [-0.3, -0.25) is 4.79 Å². The first kappa shape index (κ1) is 13.1. The molecule has 1 fully saturated rings. The molecule has 1 aromatic rings. The zero-order valence-electron chi connectivity index (χ0n) is 9.38. The predicted octanol–water partition coefficient (Wildman–Crippen LogP) is 2.10. The molecule has 0 aliphatic heterocycles. The maximum atomic E-state index is 12.3. The predicted molar refractivity (Wildman–Crippen MR) is 61.3 cm³/mol. The van der Waals surface area contributed by atoms with Gasteiger partial charge in [-0.05, 0) is 18.8 Å². The van der Waals surface area contributed by atoms with Crippen LogP contribution in [0.5, 0.6) is 0 Å². The van der Waals surface area contributed by atoms with Gasteiger partial charge in [0.1, 0.15) is 4.88 Å². The molecule has 1 heterocycles. The summed E-state index contributed by atoms with van der Waals surface area (Å²) in [5, 5.41) is 5.38. The Morgan fingerprint density at radius 2 is 2.22 bits per heavy atom. The van der Waals surface area contributed by atoms with Gasteiger partial charge in [0.05, 0.1) is 12.7 Å². The second kappa shape index (κ2) is 5.13. The van der Waals surface area contributed by atoms with E-state index in [0.717, 1.165) is 19.0 Å². The minimum atomic E-state index is -4.38. The van der Waals surface area contributed by atoms with Crippen LogP contribution in [0, 0.1) is 5.92 Å². The Balaban J connectivity index is 1.75. The molecule has 0 aromatic carbocycles. The first-order valence-electron chi connectivity index (χ1n) is 5.49. The minimum absolute atomic E-state index is 0.0580. The number of rotatable bonds is 5. The third-order valence-electron chi connectivity index (χ3n) is 2.47. The van der Waals surface area contributed by atoms with Gasteiger partial charge in [0.2, 0.25) is 5.91 Å². The van der Waals surface area contributed by atoms with E-state index >= 15 is 0 Å². The van der Waals surface area contributed by atoms with Crippen molar-refractivity contribution in [3.63, 3.8) is 0 Å². The summed E-state index contributed by atoms with van der Waals surface area (Å²) in [6.45, 7) is 0.587. The number of hydrogen-bond acceptors (Lipinski definition) is 4. The number of aromatic nitrogens is 1. The average molecular weight is 279 g/mol. The fourth-order valence-corrected chi connectivity index (χ4v) is 1.96. The molecule has 0 radical (unpaired) electrons. The first-order chi connectivity index (χ1) is 8.45. The van der Waals surface area contributed by atoms with Crippen molar-refractivity contribution < 1.29 is 18.0 Å². The number of nitrogens with one attached hydrogen (secondary N) is 2. The molecule has 8 heteroatoms. The standard InChI is InChI=1S/C10H12F3N3OS/c11-10(12,13)7-4-15-9(18-7)16-5-8(17)14-3-6-1-2-6/h4,6H,1-3,5H2,(H,14,17)(H,15,16). The molecule has 1 aliphatic carbocycles. The summed E-state index contributed by atoms with van der Waals surface area (Å²) < 4.78 is 36.8. The number of anilines is 1. The number of carbonyl (C=O) groups excluding carboxylic acids is 1. The van der Waals surface area contributed by atoms with Gasteiger partial charge in [-0.2, -0.15) is 13.2 Å². The minimum Gasteiger partial charge on any atom is -0.354 e. The van der Waals surface area contributed by atoms with Gasteiger partial charge >= 0.3 is 6.18 Å². The molecule has 4 nitrogen and oxygen atoms in total. The zero-order valence-corrected chi connectivity index (χ0v) is 10.2. The lowest BCUT2D eigenvalue weighted by atomic mass is 10.4. The average Bonchev–Trinajstić information content (AvgIpc) is 2.98. The molecule has 2 N–H and O–H groups in total. The largest absolute Gasteiger partial charge is 0.427 e. The number of amides is 1. The van der Waals surface area contributed by atoms with Crippen LogP contribution in [0.25, 0.3) is 0 Å². The highest BCUT2D eigenvalue weighted by molar-refractivity contribution is 7.15. The molecular weight excluding hydrogens is 267 g/mol. The Morgan fingerprint density at radius 1 is 1.50 bits per heavy atom. The van der Waals surface area contributed by atoms with E-state index in [2.05, 4.69) is 15.6 Å². The molecule has 0 bridgehead atoms. The van der Waals surface area contributed by atoms with E-state index in [-0.39, 0.29) is 17.6 Å². The lowest BCUT2D eigenvalue weighted by Gasteiger charge is -2.04. The maximum absolute atomic E-state index is 12.3. The molecule has 1 aromatic heterocycles. The van der Waals surface area contributed by atoms with Crippen LogP contribution in [0.2, 0.25) is 0 Å². The Bertz CT molecular complexity index is 428. The van der Waals surface area contributed by atoms with Gasteiger partial charge in [0.25, 0.3) is 0 Å². The van der Waals surface area contributed by atoms with Crippen LogP contribution >= 0.6 is 11.3 Å². The van der Waals surface area contributed by atoms with E-state index in [1.54, 1.807) is 0 Å². The van der Waals surface area contributed by atoms with Gasteiger partial charge in [-0.25, -0.2) is 4.98 Å². The van der Waals surface area contributed by atoms with Crippen molar-refractivity contribution in [2.45, 2.75) is 19.0 Å². The van der Waals surface area contributed by atoms with Crippen LogP contribution < -0.4 is 10.6 Å². The van der Waals surface area contributed by atoms with Crippen molar-refractivity contribution >= 4 is 22.4 Å². The van der Waals surface area contributed by atoms with Crippen molar-refractivity contribution in [1.29, 1.82) is 0 Å². The van der Waals surface area contributed by atoms with Crippen LogP contribution in [-0.2, 0) is 11.0 Å². The molecule has 1 saturated carbocycles. The zero-order chi connectivity index (χ0) is 13.2. The molecule has 1 aliphatic rings. The first-order valence-corrected chi connectivity index (χ1v) is 6.30. The summed E-state index contributed by atoms with van der Waals surface area (Å²) in [6, 6.07) is 0. The fourth-order valence-electron chi connectivity index (χ4n) is 1.29. The quantitative estimate of drug-likeness (QED) is 0.868. The molecule has 0 unspecified atom stereocenters. The topological polar surface area (TPSA) is 54.0 Å². The third-order valence-corrected chi connectivity index (χ3v) is 3.47. The summed E-state index contributed by atoms with van der Waals surface area (Å²) in [4.78, 5) is 14.1. The van der Waals surface area contributed by atoms with Crippen LogP contribution in [0.15, 0.2) is 6.20 Å². The number of halogens is 3. The Hall–Kier alpha value is -1.31. The summed E-state index contributed by atoms with van der Waals surface area (Å²) in [7, 11) is 0. The molecule has 18 heavy (non-hydrogen) atoms. The van der Waals surface area contributed by atoms with Crippen molar-refractivity contribution in [1.82, 2.24) is 10.3 Å². The van der Waals surface area contributed by atoms with E-state index in [0.29, 0.717) is 23.8 Å². The van der Waals surface area contributed by atoms with E-state index in [4.69, 9.17) is 0 Å². The van der Waals surface area contributed by atoms with E-state index in [9.17, 15) is 18.0 Å². The van der Waals surface area contributed by atoms with Crippen LogP contribution in [0.3, 0.4) is 0 Å². The van der Waals surface area contributed by atoms with E-state index in [1.165, 1.54) is 0 Å². The smallest absolute Gasteiger partial charge is 0.354 e. The summed E-state index contributed by atoms with van der Waals surface area (Å²) in [6.07, 6.45) is -1.36. The Labute approximate surface area is 106 Å². The molecule has 0 saturated heterocycles. The van der Waals surface area contributed by atoms with E-state index < -0.39 is 11.1 Å². The molecule has 2 rings (SSSR count). The highest BCUT2D eigenvalue weighted by Gasteiger charge is 2.33. The SMILES string of the molecule is O=C(CNc1ncc(C(F)(F)F)s1)NCC1CC1. The molecule has 0 atom stereocenters. The lowest BCUT2D eigenvalue weighted by molar-refractivity contribution is -0.134.